The van der Waals surface area contributed by atoms with E-state index in [0.717, 1.165) is 0 Å². The number of aryl methyl sites for hydroxylation is 1. The molecule has 0 spiro atoms. The van der Waals surface area contributed by atoms with Crippen molar-refractivity contribution in [1.29, 1.82) is 0 Å². The number of hydrogen-bond donors (Lipinski definition) is 0. The van der Waals surface area contributed by atoms with Gasteiger partial charge < -0.3 is 18.8 Å². The third-order valence-corrected chi connectivity index (χ3v) is 5.57. The van der Waals surface area contributed by atoms with Gasteiger partial charge in [-0.2, -0.15) is 13.2 Å². The summed E-state index contributed by atoms with van der Waals surface area (Å²) in [5, 5.41) is 4.39. The van der Waals surface area contributed by atoms with Gasteiger partial charge in [0.25, 0.3) is 5.69 Å². The number of fused-ring (bicyclic) bond motifs is 2. The van der Waals surface area contributed by atoms with Gasteiger partial charge in [-0.25, -0.2) is 8.42 Å². The van der Waals surface area contributed by atoms with Gasteiger partial charge in [0.1, 0.15) is 7.05 Å². The molecule has 0 N–H and O–H groups in total. The van der Waals surface area contributed by atoms with Crippen LogP contribution in [0, 0.1) is 0 Å². The number of carbonyl (C=O) groups excluding carboxylic acids is 2. The molecule has 0 radical (unpaired) electrons. The summed E-state index contributed by atoms with van der Waals surface area (Å²) in [6, 6.07) is 10.1. The fourth-order valence-corrected chi connectivity index (χ4v) is 3.44. The van der Waals surface area contributed by atoms with Gasteiger partial charge >= 0.3 is 5.51 Å². The van der Waals surface area contributed by atoms with E-state index in [9.17, 15) is 22.8 Å². The lowest BCUT2D eigenvalue weighted by molar-refractivity contribution is -0.733. The first-order chi connectivity index (χ1) is 16.8. The van der Waals surface area contributed by atoms with Crippen molar-refractivity contribution in [3.8, 4) is 22.9 Å². The van der Waals surface area contributed by atoms with E-state index in [1.165, 1.54) is 30.7 Å². The van der Waals surface area contributed by atoms with E-state index in [1.807, 2.05) is 0 Å². The molecule has 11 nitrogen and oxygen atoms in total. The lowest BCUT2D eigenvalue weighted by Crippen LogP contribution is -2.39. The van der Waals surface area contributed by atoms with E-state index in [0.29, 0.717) is 34.1 Å². The molecule has 1 aliphatic carbocycles. The first-order valence-electron chi connectivity index (χ1n) is 9.77. The predicted octanol–water partition coefficient (Wildman–Crippen LogP) is 1.55. The monoisotopic (exact) mass is 529 g/mol. The molecule has 0 aliphatic heterocycles. The molecule has 0 amide bonds. The third-order valence-electron chi connectivity index (χ3n) is 5.01. The quantitative estimate of drug-likeness (QED) is 0.219. The average Bonchev–Trinajstić information content (AvgIpc) is 3.18. The van der Waals surface area contributed by atoms with Crippen molar-refractivity contribution in [2.75, 3.05) is 21.3 Å². The molecular weight excluding hydrogens is 511 g/mol. The first-order valence-corrected chi connectivity index (χ1v) is 11.2. The van der Waals surface area contributed by atoms with Crippen molar-refractivity contribution in [2.45, 2.75) is 5.51 Å². The smallest absolute Gasteiger partial charge is 0.485 e. The number of nitrogens with zero attached hydrogens (tertiary/aromatic N) is 3. The third kappa shape index (κ3) is 4.61. The zero-order chi connectivity index (χ0) is 27.0. The second kappa shape index (κ2) is 9.58. The lowest BCUT2D eigenvalue weighted by Gasteiger charge is -2.13. The number of halogens is 3. The number of benzene rings is 2. The summed E-state index contributed by atoms with van der Waals surface area (Å²) in [5.41, 5.74) is -3.98. The Morgan fingerprint density at radius 1 is 0.944 bits per heavy atom. The highest BCUT2D eigenvalue weighted by atomic mass is 32.2. The minimum Gasteiger partial charge on any atom is -0.741 e. The van der Waals surface area contributed by atoms with Crippen molar-refractivity contribution in [3.63, 3.8) is 0 Å². The minimum atomic E-state index is -6.09. The van der Waals surface area contributed by atoms with Crippen LogP contribution in [0.5, 0.6) is 17.2 Å². The van der Waals surface area contributed by atoms with Gasteiger partial charge in [0, 0.05) is 23.3 Å². The molecule has 192 valence electrons. The molecule has 0 atom stereocenters. The average molecular weight is 529 g/mol. The molecule has 0 bridgehead atoms. The second-order valence-corrected chi connectivity index (χ2v) is 8.48. The molecule has 1 heterocycles. The zero-order valence-electron chi connectivity index (χ0n) is 19.1. The van der Waals surface area contributed by atoms with E-state index in [-0.39, 0.29) is 23.0 Å². The standard InChI is InChI=1S/C20H18N3O5.CHF3O3S/c1-22-16-17(19(25)13-8-6-5-7-12(13)18(16)24)23(21-22)11-9-14(26-2)20(28-4)15(10-11)27-3;2-1(3,4)8(5,6)7/h5-10H,1-4H3;(H,5,6,7)/q+1;/p-1. The normalized spacial score (nSPS) is 12.8. The maximum absolute atomic E-state index is 13.2. The number of aromatic nitrogens is 3. The molecule has 0 unspecified atom stereocenters. The topological polar surface area (TPSA) is 141 Å². The fraction of sp³-hybridized carbons (Fsp3) is 0.238. The molecular formula is C21H18F3N3O8S. The number of ketones is 2. The van der Waals surface area contributed by atoms with Crippen molar-refractivity contribution in [2.24, 2.45) is 7.05 Å². The van der Waals surface area contributed by atoms with Crippen LogP contribution >= 0.6 is 0 Å². The Morgan fingerprint density at radius 3 is 1.83 bits per heavy atom. The van der Waals surface area contributed by atoms with E-state index < -0.39 is 15.6 Å². The Labute approximate surface area is 202 Å². The van der Waals surface area contributed by atoms with Gasteiger partial charge in [0.2, 0.25) is 23.0 Å². The van der Waals surface area contributed by atoms with Crippen molar-refractivity contribution in [3.05, 3.63) is 58.9 Å². The van der Waals surface area contributed by atoms with E-state index in [4.69, 9.17) is 27.2 Å². The molecule has 15 heteroatoms. The molecule has 1 aromatic heterocycles. The largest absolute Gasteiger partial charge is 0.741 e. The number of alkyl halides is 3. The molecule has 2 aromatic carbocycles. The summed E-state index contributed by atoms with van der Waals surface area (Å²) in [7, 11) is 0.0590. The van der Waals surface area contributed by atoms with Crippen LogP contribution in [0.2, 0.25) is 0 Å². The van der Waals surface area contributed by atoms with E-state index in [1.54, 1.807) is 43.4 Å². The van der Waals surface area contributed by atoms with Crippen molar-refractivity contribution >= 4 is 21.7 Å². The Hall–Kier alpha value is -3.98. The van der Waals surface area contributed by atoms with E-state index >= 15 is 0 Å². The first kappa shape index (κ1) is 26.6. The number of rotatable bonds is 4. The molecule has 0 fully saturated rings. The summed E-state index contributed by atoms with van der Waals surface area (Å²) < 4.78 is 77.9. The van der Waals surface area contributed by atoms with Crippen LogP contribution in [0.15, 0.2) is 36.4 Å². The summed E-state index contributed by atoms with van der Waals surface area (Å²) in [4.78, 5) is 26.1. The summed E-state index contributed by atoms with van der Waals surface area (Å²) in [5.74, 6) is 0.739. The van der Waals surface area contributed by atoms with Gasteiger partial charge in [-0.1, -0.05) is 28.9 Å². The number of methoxy groups -OCH3 is 3. The van der Waals surface area contributed by atoms with Crippen LogP contribution < -0.4 is 18.9 Å². The number of ether oxygens (including phenoxy) is 3. The Kier molecular flexibility index (Phi) is 7.08. The highest BCUT2D eigenvalue weighted by Crippen LogP contribution is 2.40. The summed E-state index contributed by atoms with van der Waals surface area (Å²) in [6.45, 7) is 0. The van der Waals surface area contributed by atoms with Crippen molar-refractivity contribution < 1.29 is 54.6 Å². The van der Waals surface area contributed by atoms with Crippen LogP contribution in [0.25, 0.3) is 5.69 Å². The lowest BCUT2D eigenvalue weighted by atomic mass is 9.90. The fourth-order valence-electron chi connectivity index (χ4n) is 3.44. The maximum atomic E-state index is 13.2. The van der Waals surface area contributed by atoms with Gasteiger partial charge in [-0.05, 0) is 0 Å². The van der Waals surface area contributed by atoms with Gasteiger partial charge in [-0.3, -0.25) is 9.59 Å². The van der Waals surface area contributed by atoms with Crippen LogP contribution in [0.3, 0.4) is 0 Å². The highest BCUT2D eigenvalue weighted by Gasteiger charge is 2.42. The van der Waals surface area contributed by atoms with Crippen LogP contribution in [0.1, 0.15) is 32.1 Å². The molecule has 36 heavy (non-hydrogen) atoms. The van der Waals surface area contributed by atoms with Gasteiger partial charge in [0.15, 0.2) is 27.3 Å². The second-order valence-electron chi connectivity index (χ2n) is 7.11. The SMILES string of the molecule is COc1cc(-n2n[n+](C)c3c2C(=O)c2ccccc2C3=O)cc(OC)c1OC.O=S(=O)([O-])C(F)(F)F. The van der Waals surface area contributed by atoms with Crippen molar-refractivity contribution in [1.82, 2.24) is 9.90 Å². The van der Waals surface area contributed by atoms with E-state index in [2.05, 4.69) is 5.21 Å². The molecule has 3 aromatic rings. The summed E-state index contributed by atoms with van der Waals surface area (Å²) >= 11 is 0. The Morgan fingerprint density at radius 2 is 1.42 bits per heavy atom. The summed E-state index contributed by atoms with van der Waals surface area (Å²) in [6.07, 6.45) is 0. The van der Waals surface area contributed by atoms with Crippen LogP contribution in [-0.2, 0) is 17.2 Å². The maximum Gasteiger partial charge on any atom is 0.485 e. The van der Waals surface area contributed by atoms with Crippen LogP contribution in [-0.4, -0.2) is 61.3 Å². The molecule has 0 saturated heterocycles. The zero-order valence-corrected chi connectivity index (χ0v) is 19.9. The Bertz CT molecular complexity index is 1440. The molecule has 1 aliphatic rings. The Balaban J connectivity index is 0.000000392. The van der Waals surface area contributed by atoms with Gasteiger partial charge in [-0.15, -0.1) is 4.68 Å². The number of hydrogen-bond acceptors (Lipinski definition) is 9. The minimum absolute atomic E-state index is 0.195. The molecule has 0 saturated carbocycles. The number of carbonyl (C=O) groups is 2. The van der Waals surface area contributed by atoms with Crippen LogP contribution in [0.4, 0.5) is 13.2 Å². The highest BCUT2D eigenvalue weighted by molar-refractivity contribution is 7.86. The van der Waals surface area contributed by atoms with Gasteiger partial charge in [0.05, 0.1) is 26.5 Å². The molecule has 4 rings (SSSR count). The predicted molar refractivity (Wildman–Crippen MR) is 113 cm³/mol.